The van der Waals surface area contributed by atoms with E-state index in [0.29, 0.717) is 5.56 Å². The first-order valence-corrected chi connectivity index (χ1v) is 6.58. The zero-order valence-electron chi connectivity index (χ0n) is 10.9. The molecule has 2 aromatic rings. The van der Waals surface area contributed by atoms with Crippen molar-refractivity contribution in [1.29, 1.82) is 0 Å². The van der Waals surface area contributed by atoms with Gasteiger partial charge in [-0.2, -0.15) is 0 Å². The van der Waals surface area contributed by atoms with Crippen molar-refractivity contribution in [2.75, 3.05) is 0 Å². The quantitative estimate of drug-likeness (QED) is 0.832. The first-order valence-electron chi connectivity index (χ1n) is 6.58. The topological polar surface area (TPSA) is 63.1 Å². The van der Waals surface area contributed by atoms with Gasteiger partial charge in [-0.25, -0.2) is 0 Å². The molecule has 0 aliphatic heterocycles. The lowest BCUT2D eigenvalue weighted by molar-refractivity contribution is -0.123. The minimum Gasteiger partial charge on any atom is -0.323 e. The maximum absolute atomic E-state index is 12.2. The summed E-state index contributed by atoms with van der Waals surface area (Å²) in [6.07, 6.45) is 5.55. The Morgan fingerprint density at radius 2 is 1.70 bits per heavy atom. The van der Waals surface area contributed by atoms with Crippen LogP contribution >= 0.6 is 0 Å². The third-order valence-corrected chi connectivity index (χ3v) is 3.28. The van der Waals surface area contributed by atoms with Crippen molar-refractivity contribution in [3.8, 4) is 5.69 Å². The second-order valence-electron chi connectivity index (χ2n) is 4.83. The second-order valence-corrected chi connectivity index (χ2v) is 4.83. The molecule has 1 heterocycles. The summed E-state index contributed by atoms with van der Waals surface area (Å²) in [6, 6.07) is 11.0. The van der Waals surface area contributed by atoms with Crippen LogP contribution in [0.15, 0.2) is 48.8 Å². The Labute approximate surface area is 116 Å². The van der Waals surface area contributed by atoms with E-state index in [2.05, 4.69) is 10.9 Å². The zero-order valence-corrected chi connectivity index (χ0v) is 10.9. The van der Waals surface area contributed by atoms with Crippen molar-refractivity contribution < 1.29 is 9.59 Å². The molecule has 1 aromatic carbocycles. The van der Waals surface area contributed by atoms with Crippen LogP contribution in [0, 0.1) is 5.92 Å². The molecule has 2 N–H and O–H groups in total. The van der Waals surface area contributed by atoms with Crippen LogP contribution in [0.5, 0.6) is 0 Å². The summed E-state index contributed by atoms with van der Waals surface area (Å²) in [6.45, 7) is 0. The van der Waals surface area contributed by atoms with Gasteiger partial charge in [-0.15, -0.1) is 0 Å². The Kier molecular flexibility index (Phi) is 3.25. The molecule has 5 heteroatoms. The highest BCUT2D eigenvalue weighted by Gasteiger charge is 2.29. The van der Waals surface area contributed by atoms with E-state index in [1.807, 2.05) is 41.2 Å². The van der Waals surface area contributed by atoms with Crippen LogP contribution in [-0.4, -0.2) is 16.4 Å². The maximum atomic E-state index is 12.2. The minimum atomic E-state index is -0.316. The average molecular weight is 269 g/mol. The molecule has 0 saturated heterocycles. The van der Waals surface area contributed by atoms with Crippen molar-refractivity contribution in [1.82, 2.24) is 15.4 Å². The normalized spacial score (nSPS) is 13.8. The average Bonchev–Trinajstić information content (AvgIpc) is 3.19. The van der Waals surface area contributed by atoms with Crippen LogP contribution in [0.4, 0.5) is 0 Å². The molecule has 0 bridgehead atoms. The molecule has 5 nitrogen and oxygen atoms in total. The Morgan fingerprint density at radius 1 is 1.00 bits per heavy atom. The molecule has 20 heavy (non-hydrogen) atoms. The van der Waals surface area contributed by atoms with Crippen LogP contribution in [0.2, 0.25) is 0 Å². The summed E-state index contributed by atoms with van der Waals surface area (Å²) >= 11 is 0. The highest BCUT2D eigenvalue weighted by Crippen LogP contribution is 2.28. The van der Waals surface area contributed by atoms with Crippen molar-refractivity contribution in [2.45, 2.75) is 12.8 Å². The van der Waals surface area contributed by atoms with Crippen LogP contribution < -0.4 is 10.9 Å². The smallest absolute Gasteiger partial charge is 0.271 e. The van der Waals surface area contributed by atoms with Gasteiger partial charge in [0.2, 0.25) is 5.91 Å². The van der Waals surface area contributed by atoms with E-state index in [1.165, 1.54) is 0 Å². The number of benzene rings is 1. The van der Waals surface area contributed by atoms with Crippen molar-refractivity contribution >= 4 is 11.8 Å². The molecule has 0 radical (unpaired) electrons. The van der Waals surface area contributed by atoms with Crippen LogP contribution in [0.3, 0.4) is 0 Å². The largest absolute Gasteiger partial charge is 0.323 e. The van der Waals surface area contributed by atoms with E-state index in [1.54, 1.807) is 12.1 Å². The van der Waals surface area contributed by atoms with Gasteiger partial charge in [0.15, 0.2) is 0 Å². The molecular weight excluding hydrogens is 254 g/mol. The Bertz CT molecular complexity index is 630. The van der Waals surface area contributed by atoms with Gasteiger partial charge >= 0.3 is 0 Å². The van der Waals surface area contributed by atoms with E-state index < -0.39 is 0 Å². The van der Waals surface area contributed by atoms with E-state index >= 15 is 0 Å². The molecule has 1 fully saturated rings. The summed E-state index contributed by atoms with van der Waals surface area (Å²) in [5.41, 5.74) is 6.23. The fraction of sp³-hybridized carbons (Fsp3) is 0.200. The minimum absolute atomic E-state index is 0.0648. The monoisotopic (exact) mass is 269 g/mol. The molecule has 1 aliphatic rings. The molecular formula is C15H15N3O2. The first-order chi connectivity index (χ1) is 9.75. The second kappa shape index (κ2) is 5.21. The van der Waals surface area contributed by atoms with Gasteiger partial charge in [-0.1, -0.05) is 12.1 Å². The summed E-state index contributed by atoms with van der Waals surface area (Å²) in [5, 5.41) is 0. The lowest BCUT2D eigenvalue weighted by Gasteiger charge is -2.11. The predicted octanol–water partition coefficient (Wildman–Crippen LogP) is 1.65. The van der Waals surface area contributed by atoms with Gasteiger partial charge in [-0.05, 0) is 37.1 Å². The molecule has 1 aliphatic carbocycles. The number of aromatic nitrogens is 1. The fourth-order valence-corrected chi connectivity index (χ4v) is 2.02. The Hall–Kier alpha value is -2.56. The molecule has 102 valence electrons. The third kappa shape index (κ3) is 2.56. The van der Waals surface area contributed by atoms with Gasteiger partial charge in [0, 0.05) is 18.3 Å². The number of amides is 2. The maximum Gasteiger partial charge on any atom is 0.271 e. The Morgan fingerprint density at radius 3 is 2.40 bits per heavy atom. The Balaban J connectivity index is 1.75. The number of hydrogen-bond donors (Lipinski definition) is 2. The number of hydrazine groups is 1. The molecule has 1 saturated carbocycles. The van der Waals surface area contributed by atoms with Gasteiger partial charge in [0.25, 0.3) is 5.91 Å². The van der Waals surface area contributed by atoms with E-state index in [0.717, 1.165) is 18.5 Å². The van der Waals surface area contributed by atoms with Gasteiger partial charge in [0.05, 0.1) is 11.3 Å². The summed E-state index contributed by atoms with van der Waals surface area (Å²) in [4.78, 5) is 23.7. The van der Waals surface area contributed by atoms with Gasteiger partial charge < -0.3 is 4.57 Å². The molecule has 2 amide bonds. The zero-order chi connectivity index (χ0) is 13.9. The lowest BCUT2D eigenvalue weighted by Crippen LogP contribution is -2.42. The van der Waals surface area contributed by atoms with Crippen molar-refractivity contribution in [3.63, 3.8) is 0 Å². The van der Waals surface area contributed by atoms with Crippen molar-refractivity contribution in [2.24, 2.45) is 5.92 Å². The number of carbonyl (C=O) groups excluding carboxylic acids is 2. The summed E-state index contributed by atoms with van der Waals surface area (Å²) < 4.78 is 1.86. The highest BCUT2D eigenvalue weighted by atomic mass is 16.2. The van der Waals surface area contributed by atoms with Gasteiger partial charge in [0.1, 0.15) is 0 Å². The lowest BCUT2D eigenvalue weighted by atomic mass is 10.1. The van der Waals surface area contributed by atoms with E-state index in [-0.39, 0.29) is 17.7 Å². The number of carbonyl (C=O) groups is 2. The number of para-hydroxylation sites is 1. The third-order valence-electron chi connectivity index (χ3n) is 3.28. The van der Waals surface area contributed by atoms with Crippen LogP contribution in [-0.2, 0) is 4.79 Å². The molecule has 1 aromatic heterocycles. The number of hydrogen-bond acceptors (Lipinski definition) is 2. The number of nitrogens with one attached hydrogen (secondary N) is 2. The SMILES string of the molecule is O=C(NNC(=O)C1CC1)c1ccccc1-n1cccc1. The predicted molar refractivity (Wildman–Crippen MR) is 74.1 cm³/mol. The first kappa shape index (κ1) is 12.5. The highest BCUT2D eigenvalue weighted by molar-refractivity contribution is 5.98. The number of nitrogens with zero attached hydrogens (tertiary/aromatic N) is 1. The van der Waals surface area contributed by atoms with E-state index in [9.17, 15) is 9.59 Å². The summed E-state index contributed by atoms with van der Waals surface area (Å²) in [7, 11) is 0. The van der Waals surface area contributed by atoms with E-state index in [4.69, 9.17) is 0 Å². The number of rotatable bonds is 3. The molecule has 0 unspecified atom stereocenters. The van der Waals surface area contributed by atoms with Crippen LogP contribution in [0.25, 0.3) is 5.69 Å². The molecule has 0 atom stereocenters. The molecule has 3 rings (SSSR count). The van der Waals surface area contributed by atoms with Crippen LogP contribution in [0.1, 0.15) is 23.2 Å². The van der Waals surface area contributed by atoms with Gasteiger partial charge in [-0.3, -0.25) is 20.4 Å². The standard InChI is InChI=1S/C15H15N3O2/c19-14(11-7-8-11)16-17-15(20)12-5-1-2-6-13(12)18-9-3-4-10-18/h1-6,9-11H,7-8H2,(H,16,19)(H,17,20). The summed E-state index contributed by atoms with van der Waals surface area (Å²) in [5.74, 6) is -0.366. The van der Waals surface area contributed by atoms with Crippen molar-refractivity contribution in [3.05, 3.63) is 54.4 Å². The molecule has 0 spiro atoms. The fourth-order valence-electron chi connectivity index (χ4n) is 2.02.